The first-order chi connectivity index (χ1) is 17.0. The Morgan fingerprint density at radius 3 is 0.889 bits per heavy atom. The van der Waals surface area contributed by atoms with Gasteiger partial charge in [-0.3, -0.25) is 0 Å². The second kappa shape index (κ2) is 9.58. The summed E-state index contributed by atoms with van der Waals surface area (Å²) in [6.07, 6.45) is 0. The van der Waals surface area contributed by atoms with E-state index in [1.54, 1.807) is 0 Å². The van der Waals surface area contributed by atoms with Gasteiger partial charge in [-0.2, -0.15) is 21.0 Å². The molecule has 0 aromatic heterocycles. The monoisotopic (exact) mass is 500 g/mol. The third-order valence-corrected chi connectivity index (χ3v) is 4.94. The van der Waals surface area contributed by atoms with Crippen molar-refractivity contribution in [3.63, 3.8) is 0 Å². The van der Waals surface area contributed by atoms with Crippen molar-refractivity contribution in [1.29, 1.82) is 21.0 Å². The predicted molar refractivity (Wildman–Crippen MR) is 104 cm³/mol. The van der Waals surface area contributed by atoms with Gasteiger partial charge in [-0.15, -0.1) is 0 Å². The minimum Gasteiger partial charge on any atom is -0.203 e. The summed E-state index contributed by atoms with van der Waals surface area (Å²) in [7, 11) is 0. The Hall–Kier alpha value is -5.20. The van der Waals surface area contributed by atoms with E-state index >= 15 is 0 Å². The fourth-order valence-electron chi connectivity index (χ4n) is 3.23. The number of halogens is 8. The normalized spacial score (nSPS) is 10.1. The van der Waals surface area contributed by atoms with E-state index in [9.17, 15) is 45.6 Å². The largest absolute Gasteiger partial charge is 0.203 e. The van der Waals surface area contributed by atoms with Crippen LogP contribution in [-0.2, 0) is 0 Å². The first-order valence-corrected chi connectivity index (χ1v) is 9.23. The van der Waals surface area contributed by atoms with E-state index in [0.717, 1.165) is 36.4 Å². The number of benzene rings is 3. The van der Waals surface area contributed by atoms with Crippen molar-refractivity contribution in [3.8, 4) is 24.3 Å². The molecule has 0 amide bonds. The molecule has 0 radical (unpaired) electrons. The summed E-state index contributed by atoms with van der Waals surface area (Å²) in [5.74, 6) is -16.4. The molecule has 3 aromatic carbocycles. The van der Waals surface area contributed by atoms with Crippen LogP contribution >= 0.6 is 0 Å². The quantitative estimate of drug-likeness (QED) is 0.393. The highest BCUT2D eigenvalue weighted by atomic mass is 19.2. The molecule has 0 spiro atoms. The Balaban J connectivity index is 2.39. The van der Waals surface area contributed by atoms with Crippen molar-refractivity contribution in [3.05, 3.63) is 103 Å². The lowest BCUT2D eigenvalue weighted by atomic mass is 9.98. The van der Waals surface area contributed by atoms with Crippen LogP contribution in [0.15, 0.2) is 24.3 Å². The lowest BCUT2D eigenvalue weighted by molar-refractivity contribution is 0.446. The van der Waals surface area contributed by atoms with Crippen LogP contribution in [0, 0.1) is 91.9 Å². The fourth-order valence-corrected chi connectivity index (χ4v) is 3.23. The van der Waals surface area contributed by atoms with E-state index in [-0.39, 0.29) is 0 Å². The van der Waals surface area contributed by atoms with Crippen LogP contribution in [0.5, 0.6) is 0 Å². The van der Waals surface area contributed by atoms with Gasteiger partial charge >= 0.3 is 0 Å². The van der Waals surface area contributed by atoms with Crippen molar-refractivity contribution in [2.45, 2.75) is 0 Å². The molecule has 0 heterocycles. The smallest absolute Gasteiger partial charge is 0.180 e. The van der Waals surface area contributed by atoms with Gasteiger partial charge in [0.15, 0.2) is 46.5 Å². The van der Waals surface area contributed by atoms with Gasteiger partial charge < -0.3 is 0 Å². The topological polar surface area (TPSA) is 95.2 Å². The standard InChI is InChI=1S/C24H4F8N4/c25-17-13(7-35)18(26)22(30)15(21(17)29)11(5-33)9-1-2-10(4-3-9)12(6-34)16-23(31)19(27)14(8-36)20(28)24(16)32/h1-4H. The minimum atomic E-state index is -2.05. The molecule has 12 heteroatoms. The molecule has 0 aliphatic rings. The number of hydrogen-bond donors (Lipinski definition) is 0. The second-order valence-electron chi connectivity index (χ2n) is 6.79. The molecule has 0 atom stereocenters. The fraction of sp³-hybridized carbons (Fsp3) is 0. The number of rotatable bonds is 2. The third-order valence-electron chi connectivity index (χ3n) is 4.94. The molecule has 3 rings (SSSR count). The molecule has 0 saturated carbocycles. The van der Waals surface area contributed by atoms with Crippen molar-refractivity contribution < 1.29 is 35.1 Å². The van der Waals surface area contributed by atoms with E-state index in [0.29, 0.717) is 0 Å². The number of hydrogen-bond acceptors (Lipinski definition) is 4. The van der Waals surface area contributed by atoms with Crippen LogP contribution in [0.1, 0.15) is 22.3 Å². The zero-order valence-corrected chi connectivity index (χ0v) is 17.1. The molecule has 0 unspecified atom stereocenters. The van der Waals surface area contributed by atoms with Crippen LogP contribution in [0.2, 0.25) is 0 Å². The third kappa shape index (κ3) is 3.77. The van der Waals surface area contributed by atoms with Crippen LogP contribution in [0.25, 0.3) is 11.1 Å². The zero-order valence-electron chi connectivity index (χ0n) is 17.1. The number of nitriles is 4. The summed E-state index contributed by atoms with van der Waals surface area (Å²) in [4.78, 5) is 0. The molecule has 176 valence electrons. The average molecular weight is 500 g/mol. The maximum atomic E-state index is 14.4. The zero-order chi connectivity index (χ0) is 26.9. The molecule has 36 heavy (non-hydrogen) atoms. The van der Waals surface area contributed by atoms with Gasteiger partial charge in [0.2, 0.25) is 0 Å². The van der Waals surface area contributed by atoms with Gasteiger partial charge in [0, 0.05) is 0 Å². The van der Waals surface area contributed by atoms with Gasteiger partial charge in [0.05, 0.1) is 22.3 Å². The van der Waals surface area contributed by atoms with Crippen LogP contribution in [0.4, 0.5) is 35.1 Å². The van der Waals surface area contributed by atoms with E-state index < -0.39 is 90.4 Å². The first kappa shape index (κ1) is 25.4. The molecule has 0 aliphatic heterocycles. The maximum absolute atomic E-state index is 14.4. The molecule has 3 aromatic rings. The summed E-state index contributed by atoms with van der Waals surface area (Å²) in [5.41, 5.74) is -7.91. The summed E-state index contributed by atoms with van der Waals surface area (Å²) in [5, 5.41) is 35.3. The highest BCUT2D eigenvalue weighted by Gasteiger charge is 2.29. The van der Waals surface area contributed by atoms with E-state index in [4.69, 9.17) is 10.5 Å². The lowest BCUT2D eigenvalue weighted by Crippen LogP contribution is -2.17. The summed E-state index contributed by atoms with van der Waals surface area (Å²) >= 11 is 0. The van der Waals surface area contributed by atoms with E-state index in [1.165, 1.54) is 12.1 Å². The van der Waals surface area contributed by atoms with Crippen molar-refractivity contribution in [2.75, 3.05) is 0 Å². The molecule has 0 aliphatic carbocycles. The van der Waals surface area contributed by atoms with Gasteiger partial charge in [0.25, 0.3) is 0 Å². The van der Waals surface area contributed by atoms with Gasteiger partial charge in [0.1, 0.15) is 35.4 Å². The molecular weight excluding hydrogens is 496 g/mol. The van der Waals surface area contributed by atoms with Crippen LogP contribution < -0.4 is 10.4 Å². The molecular formula is C24H4F8N4. The SMILES string of the molecule is N#CC(c1c(F)c(F)c(C#N)c(F)c1F)=c1ccc(=C(C#N)c2c(F)c(F)c(C#N)c(F)c2F)cc1. The summed E-state index contributed by atoms with van der Waals surface area (Å²) in [6, 6.07) is 8.05. The van der Waals surface area contributed by atoms with Gasteiger partial charge in [-0.05, 0) is 10.4 Å². The average Bonchev–Trinajstić information content (AvgIpc) is 2.88. The Labute approximate surface area is 195 Å². The Morgan fingerprint density at radius 2 is 0.694 bits per heavy atom. The van der Waals surface area contributed by atoms with Crippen molar-refractivity contribution in [1.82, 2.24) is 0 Å². The molecule has 0 N–H and O–H groups in total. The molecule has 4 nitrogen and oxygen atoms in total. The predicted octanol–water partition coefficient (Wildman–Crippen LogP) is 3.99. The summed E-state index contributed by atoms with van der Waals surface area (Å²) in [6.45, 7) is 0. The molecule has 0 saturated heterocycles. The highest BCUT2D eigenvalue weighted by molar-refractivity contribution is 5.79. The van der Waals surface area contributed by atoms with Gasteiger partial charge in [-0.1, -0.05) is 24.3 Å². The van der Waals surface area contributed by atoms with Gasteiger partial charge in [-0.25, -0.2) is 35.1 Å². The van der Waals surface area contributed by atoms with E-state index in [1.807, 2.05) is 0 Å². The summed E-state index contributed by atoms with van der Waals surface area (Å²) < 4.78 is 114. The van der Waals surface area contributed by atoms with Crippen LogP contribution in [-0.4, -0.2) is 0 Å². The van der Waals surface area contributed by atoms with Crippen molar-refractivity contribution in [2.24, 2.45) is 0 Å². The minimum absolute atomic E-state index is 0.391. The Kier molecular flexibility index (Phi) is 6.76. The first-order valence-electron chi connectivity index (χ1n) is 9.23. The lowest BCUT2D eigenvalue weighted by Gasteiger charge is -2.09. The van der Waals surface area contributed by atoms with Crippen molar-refractivity contribution >= 4 is 11.1 Å². The molecule has 0 bridgehead atoms. The number of nitrogens with zero attached hydrogens (tertiary/aromatic N) is 4. The van der Waals surface area contributed by atoms with E-state index in [2.05, 4.69) is 0 Å². The Morgan fingerprint density at radius 1 is 0.444 bits per heavy atom. The Bertz CT molecular complexity index is 1550. The highest BCUT2D eigenvalue weighted by Crippen LogP contribution is 2.29. The van der Waals surface area contributed by atoms with Crippen LogP contribution in [0.3, 0.4) is 0 Å². The molecule has 0 fully saturated rings. The second-order valence-corrected chi connectivity index (χ2v) is 6.79. The maximum Gasteiger partial charge on any atom is 0.180 e.